The summed E-state index contributed by atoms with van der Waals surface area (Å²) in [5.41, 5.74) is -0.648. The summed E-state index contributed by atoms with van der Waals surface area (Å²) >= 11 is 0. The average molecular weight is 384 g/mol. The lowest BCUT2D eigenvalue weighted by atomic mass is 10.1. The van der Waals surface area contributed by atoms with Crippen molar-refractivity contribution in [2.45, 2.75) is 78.2 Å². The highest BCUT2D eigenvalue weighted by molar-refractivity contribution is 6.74. The fourth-order valence-electron chi connectivity index (χ4n) is 1.89. The van der Waals surface area contributed by atoms with Crippen molar-refractivity contribution in [2.75, 3.05) is 13.2 Å². The molecule has 0 heterocycles. The Morgan fingerprint density at radius 2 is 1.69 bits per heavy atom. The Morgan fingerprint density at radius 3 is 2.08 bits per heavy atom. The van der Waals surface area contributed by atoms with Crippen LogP contribution in [0.2, 0.25) is 18.1 Å². The molecule has 0 unspecified atom stereocenters. The molecule has 0 aromatic heterocycles. The monoisotopic (exact) mass is 383 g/mol. The van der Waals surface area contributed by atoms with Crippen LogP contribution in [0.4, 0.5) is 4.79 Å². The number of ether oxygens (including phenoxy) is 1. The third-order valence-corrected chi connectivity index (χ3v) is 8.90. The number of ketones is 1. The van der Waals surface area contributed by atoms with Gasteiger partial charge in [-0.05, 0) is 51.9 Å². The van der Waals surface area contributed by atoms with Crippen LogP contribution in [0.5, 0.6) is 0 Å². The fraction of sp³-hybridized carbons (Fsp3) is 0.700. The van der Waals surface area contributed by atoms with E-state index in [2.05, 4.69) is 40.4 Å². The van der Waals surface area contributed by atoms with Crippen LogP contribution in [0.1, 0.15) is 48.5 Å². The van der Waals surface area contributed by atoms with E-state index in [-0.39, 0.29) is 24.0 Å². The number of allylic oxidation sites excluding steroid dienone is 1. The largest absolute Gasteiger partial charge is 0.444 e. The highest BCUT2D eigenvalue weighted by Crippen LogP contribution is 2.36. The van der Waals surface area contributed by atoms with Gasteiger partial charge in [-0.2, -0.15) is 0 Å². The molecule has 0 N–H and O–H groups in total. The number of hydrogen-bond acceptors (Lipinski definition) is 4. The van der Waals surface area contributed by atoms with Gasteiger partial charge in [0.15, 0.2) is 14.1 Å². The molecule has 150 valence electrons. The van der Waals surface area contributed by atoms with Crippen LogP contribution in [0.15, 0.2) is 24.8 Å². The Hall–Kier alpha value is -1.40. The van der Waals surface area contributed by atoms with Crippen molar-refractivity contribution in [2.24, 2.45) is 0 Å². The van der Waals surface area contributed by atoms with E-state index in [1.807, 2.05) is 0 Å². The number of nitrogens with zero attached hydrogens (tertiary/aromatic N) is 1. The zero-order valence-electron chi connectivity index (χ0n) is 18.0. The van der Waals surface area contributed by atoms with Gasteiger partial charge in [0.25, 0.3) is 0 Å². The van der Waals surface area contributed by atoms with E-state index in [4.69, 9.17) is 9.16 Å². The van der Waals surface area contributed by atoms with Gasteiger partial charge in [-0.3, -0.25) is 9.69 Å². The standard InChI is InChI=1S/C20H37NO4Si/c1-11-13-17(22)16(15-24-26(9,10)20(6,7)8)21(14-12-2)18(23)25-19(3,4)5/h11-13,16H,2,14-15H2,1,3-10H3/t16-/m1/s1. The van der Waals surface area contributed by atoms with Crippen LogP contribution >= 0.6 is 0 Å². The molecule has 0 spiro atoms. The zero-order chi connectivity index (χ0) is 20.8. The first-order valence-corrected chi connectivity index (χ1v) is 12.0. The van der Waals surface area contributed by atoms with Crippen LogP contribution in [0.25, 0.3) is 0 Å². The molecular formula is C20H37NO4Si. The van der Waals surface area contributed by atoms with Gasteiger partial charge in [-0.25, -0.2) is 4.79 Å². The normalized spacial score (nSPS) is 14.2. The zero-order valence-corrected chi connectivity index (χ0v) is 19.0. The Balaban J connectivity index is 5.63. The summed E-state index contributed by atoms with van der Waals surface area (Å²) in [7, 11) is -2.07. The SMILES string of the molecule is C=CCN(C(=O)OC(C)(C)C)[C@H](CO[Si](C)(C)C(C)(C)C)C(=O)C=CC. The molecule has 0 aliphatic rings. The van der Waals surface area contributed by atoms with Crippen molar-refractivity contribution in [1.82, 2.24) is 4.90 Å². The molecule has 0 fully saturated rings. The summed E-state index contributed by atoms with van der Waals surface area (Å²) < 4.78 is 11.7. The minimum atomic E-state index is -2.07. The van der Waals surface area contributed by atoms with Crippen molar-refractivity contribution in [3.8, 4) is 0 Å². The first kappa shape index (κ1) is 24.6. The Morgan fingerprint density at radius 1 is 1.15 bits per heavy atom. The summed E-state index contributed by atoms with van der Waals surface area (Å²) in [5, 5.41) is 0.0103. The van der Waals surface area contributed by atoms with Crippen molar-refractivity contribution >= 4 is 20.2 Å². The second-order valence-electron chi connectivity index (χ2n) is 8.91. The van der Waals surface area contributed by atoms with Crippen LogP contribution < -0.4 is 0 Å². The fourth-order valence-corrected chi connectivity index (χ4v) is 2.90. The van der Waals surface area contributed by atoms with Crippen molar-refractivity contribution < 1.29 is 18.8 Å². The molecule has 0 aliphatic heterocycles. The second-order valence-corrected chi connectivity index (χ2v) is 13.7. The minimum absolute atomic E-state index is 0.0103. The van der Waals surface area contributed by atoms with E-state index in [0.29, 0.717) is 0 Å². The van der Waals surface area contributed by atoms with Gasteiger partial charge < -0.3 is 9.16 Å². The van der Waals surface area contributed by atoms with Gasteiger partial charge in [0, 0.05) is 6.54 Å². The molecule has 0 saturated carbocycles. The predicted molar refractivity (Wildman–Crippen MR) is 110 cm³/mol. The number of carbonyl (C=O) groups excluding carboxylic acids is 2. The number of hydrogen-bond donors (Lipinski definition) is 0. The Kier molecular flexibility index (Phi) is 9.00. The predicted octanol–water partition coefficient (Wildman–Crippen LogP) is 4.95. The lowest BCUT2D eigenvalue weighted by Gasteiger charge is -2.39. The van der Waals surface area contributed by atoms with Crippen LogP contribution in [0, 0.1) is 0 Å². The second kappa shape index (κ2) is 9.51. The van der Waals surface area contributed by atoms with Crippen LogP contribution in [-0.4, -0.2) is 49.9 Å². The molecule has 0 aliphatic carbocycles. The average Bonchev–Trinajstić information content (AvgIpc) is 2.43. The van der Waals surface area contributed by atoms with Gasteiger partial charge in [-0.1, -0.05) is 32.9 Å². The summed E-state index contributed by atoms with van der Waals surface area (Å²) in [6, 6.07) is -0.742. The quantitative estimate of drug-likeness (QED) is 0.338. The van der Waals surface area contributed by atoms with Gasteiger partial charge in [-0.15, -0.1) is 6.58 Å². The summed E-state index contributed by atoms with van der Waals surface area (Å²) in [4.78, 5) is 26.7. The Labute approximate surface area is 160 Å². The minimum Gasteiger partial charge on any atom is -0.444 e. The molecule has 6 heteroatoms. The first-order valence-electron chi connectivity index (χ1n) is 9.07. The van der Waals surface area contributed by atoms with E-state index in [1.54, 1.807) is 39.8 Å². The van der Waals surface area contributed by atoms with E-state index in [1.165, 1.54) is 11.0 Å². The summed E-state index contributed by atoms with van der Waals surface area (Å²) in [6.45, 7) is 21.9. The van der Waals surface area contributed by atoms with Crippen molar-refractivity contribution in [3.63, 3.8) is 0 Å². The lowest BCUT2D eigenvalue weighted by molar-refractivity contribution is -0.120. The summed E-state index contributed by atoms with van der Waals surface area (Å²) in [5.74, 6) is -0.182. The van der Waals surface area contributed by atoms with Gasteiger partial charge >= 0.3 is 6.09 Å². The van der Waals surface area contributed by atoms with E-state index < -0.39 is 26.1 Å². The highest BCUT2D eigenvalue weighted by atomic mass is 28.4. The van der Waals surface area contributed by atoms with Gasteiger partial charge in [0.2, 0.25) is 0 Å². The Bertz CT molecular complexity index is 527. The van der Waals surface area contributed by atoms with E-state index in [9.17, 15) is 9.59 Å². The van der Waals surface area contributed by atoms with Crippen LogP contribution in [0.3, 0.4) is 0 Å². The molecule has 5 nitrogen and oxygen atoms in total. The maximum atomic E-state index is 12.7. The summed E-state index contributed by atoms with van der Waals surface area (Å²) in [6.07, 6.45) is 4.19. The third-order valence-electron chi connectivity index (χ3n) is 4.40. The van der Waals surface area contributed by atoms with E-state index >= 15 is 0 Å². The third kappa shape index (κ3) is 7.87. The number of amides is 1. The maximum Gasteiger partial charge on any atom is 0.411 e. The molecule has 0 aromatic carbocycles. The molecular weight excluding hydrogens is 346 g/mol. The number of rotatable bonds is 8. The topological polar surface area (TPSA) is 55.8 Å². The van der Waals surface area contributed by atoms with Crippen LogP contribution in [-0.2, 0) is 14.0 Å². The molecule has 0 radical (unpaired) electrons. The van der Waals surface area contributed by atoms with Crippen molar-refractivity contribution in [1.29, 1.82) is 0 Å². The molecule has 1 amide bonds. The number of carbonyl (C=O) groups is 2. The van der Waals surface area contributed by atoms with E-state index in [0.717, 1.165) is 0 Å². The molecule has 0 saturated heterocycles. The lowest BCUT2D eigenvalue weighted by Crippen LogP contribution is -2.52. The first-order chi connectivity index (χ1) is 11.7. The molecule has 1 atom stereocenters. The molecule has 0 aromatic rings. The van der Waals surface area contributed by atoms with Gasteiger partial charge in [0.05, 0.1) is 6.61 Å². The molecule has 0 rings (SSSR count). The molecule has 26 heavy (non-hydrogen) atoms. The maximum absolute atomic E-state index is 12.7. The van der Waals surface area contributed by atoms with Gasteiger partial charge in [0.1, 0.15) is 11.6 Å². The highest BCUT2D eigenvalue weighted by Gasteiger charge is 2.39. The smallest absolute Gasteiger partial charge is 0.411 e. The molecule has 0 bridgehead atoms. The van der Waals surface area contributed by atoms with Crippen molar-refractivity contribution in [3.05, 3.63) is 24.8 Å².